The van der Waals surface area contributed by atoms with E-state index in [1.165, 1.54) is 19.3 Å². The van der Waals surface area contributed by atoms with Gasteiger partial charge in [0.1, 0.15) is 5.82 Å². The number of hydrogen-bond acceptors (Lipinski definition) is 4. The van der Waals surface area contributed by atoms with Gasteiger partial charge in [-0.1, -0.05) is 26.7 Å². The first-order valence-electron chi connectivity index (χ1n) is 7.50. The number of nitrogens with one attached hydrogen (secondary N) is 2. The smallest absolute Gasteiger partial charge is 0.271 e. The topological polar surface area (TPSA) is 66.9 Å². The van der Waals surface area contributed by atoms with E-state index >= 15 is 0 Å². The molecule has 0 saturated heterocycles. The Morgan fingerprint density at radius 3 is 2.75 bits per heavy atom. The van der Waals surface area contributed by atoms with Crippen LogP contribution in [0.25, 0.3) is 0 Å². The lowest BCUT2D eigenvalue weighted by atomic mass is 9.78. The highest BCUT2D eigenvalue weighted by Crippen LogP contribution is 2.31. The number of anilines is 1. The van der Waals surface area contributed by atoms with Gasteiger partial charge in [0.25, 0.3) is 5.91 Å². The fraction of sp³-hybridized carbons (Fsp3) is 0.667. The molecule has 1 amide bonds. The maximum absolute atomic E-state index is 11.6. The maximum atomic E-state index is 11.6. The molecule has 1 fully saturated rings. The monoisotopic (exact) mass is 276 g/mol. The van der Waals surface area contributed by atoms with E-state index in [0.29, 0.717) is 24.2 Å². The van der Waals surface area contributed by atoms with Gasteiger partial charge in [0.15, 0.2) is 5.69 Å². The van der Waals surface area contributed by atoms with Crippen LogP contribution in [0.15, 0.2) is 12.1 Å². The number of rotatable bonds is 4. The van der Waals surface area contributed by atoms with Crippen LogP contribution < -0.4 is 10.6 Å². The third-order valence-electron chi connectivity index (χ3n) is 4.27. The normalized spacial score (nSPS) is 26.1. The van der Waals surface area contributed by atoms with Gasteiger partial charge in [-0.25, -0.2) is 0 Å². The number of nitrogens with zero attached hydrogens (tertiary/aromatic N) is 2. The van der Waals surface area contributed by atoms with Gasteiger partial charge in [0.2, 0.25) is 0 Å². The second-order valence-corrected chi connectivity index (χ2v) is 5.68. The first kappa shape index (κ1) is 14.8. The molecule has 20 heavy (non-hydrogen) atoms. The minimum absolute atomic E-state index is 0.175. The second kappa shape index (κ2) is 6.68. The summed E-state index contributed by atoms with van der Waals surface area (Å²) < 4.78 is 0. The first-order valence-corrected chi connectivity index (χ1v) is 7.50. The molecule has 110 valence electrons. The summed E-state index contributed by atoms with van der Waals surface area (Å²) in [5.74, 6) is 1.95. The molecule has 0 bridgehead atoms. The summed E-state index contributed by atoms with van der Waals surface area (Å²) in [7, 11) is 0. The molecule has 1 saturated carbocycles. The average molecular weight is 276 g/mol. The van der Waals surface area contributed by atoms with Crippen molar-refractivity contribution < 1.29 is 4.79 Å². The van der Waals surface area contributed by atoms with Crippen LogP contribution in [0.3, 0.4) is 0 Å². The molecule has 0 aliphatic heterocycles. The van der Waals surface area contributed by atoms with E-state index < -0.39 is 0 Å². The Balaban J connectivity index is 1.98. The fourth-order valence-electron chi connectivity index (χ4n) is 2.76. The minimum Gasteiger partial charge on any atom is -0.366 e. The van der Waals surface area contributed by atoms with Crippen LogP contribution in [0.2, 0.25) is 0 Å². The van der Waals surface area contributed by atoms with Gasteiger partial charge in [0.05, 0.1) is 0 Å². The van der Waals surface area contributed by atoms with E-state index in [1.54, 1.807) is 6.07 Å². The number of aromatic nitrogens is 2. The van der Waals surface area contributed by atoms with Gasteiger partial charge in [-0.3, -0.25) is 4.79 Å². The van der Waals surface area contributed by atoms with E-state index in [4.69, 9.17) is 0 Å². The van der Waals surface area contributed by atoms with Gasteiger partial charge < -0.3 is 10.6 Å². The molecule has 5 nitrogen and oxygen atoms in total. The van der Waals surface area contributed by atoms with E-state index in [2.05, 4.69) is 34.7 Å². The summed E-state index contributed by atoms with van der Waals surface area (Å²) in [6.07, 6.45) is 3.74. The third-order valence-corrected chi connectivity index (χ3v) is 4.27. The molecule has 1 aromatic rings. The number of carbonyl (C=O) groups is 1. The van der Waals surface area contributed by atoms with Crippen LogP contribution in [0.5, 0.6) is 0 Å². The van der Waals surface area contributed by atoms with Gasteiger partial charge in [-0.05, 0) is 37.3 Å². The van der Waals surface area contributed by atoms with Crippen molar-refractivity contribution in [1.29, 1.82) is 0 Å². The van der Waals surface area contributed by atoms with Crippen molar-refractivity contribution in [2.45, 2.75) is 46.1 Å². The highest BCUT2D eigenvalue weighted by Gasteiger charge is 2.27. The molecule has 2 rings (SSSR count). The van der Waals surface area contributed by atoms with Crippen molar-refractivity contribution in [3.8, 4) is 0 Å². The SMILES string of the molecule is CCNC(=O)c1ccc(NC2CCCC(C)C2C)nn1. The van der Waals surface area contributed by atoms with Gasteiger partial charge in [-0.2, -0.15) is 0 Å². The number of hydrogen-bond donors (Lipinski definition) is 2. The van der Waals surface area contributed by atoms with Crippen molar-refractivity contribution in [2.75, 3.05) is 11.9 Å². The first-order chi connectivity index (χ1) is 9.61. The van der Waals surface area contributed by atoms with Crippen molar-refractivity contribution in [3.63, 3.8) is 0 Å². The Hall–Kier alpha value is -1.65. The molecule has 0 aromatic carbocycles. The summed E-state index contributed by atoms with van der Waals surface area (Å²) in [4.78, 5) is 11.6. The molecular weight excluding hydrogens is 252 g/mol. The van der Waals surface area contributed by atoms with Crippen LogP contribution in [0.4, 0.5) is 5.82 Å². The molecule has 0 spiro atoms. The Labute approximate surface area is 120 Å². The molecule has 5 heteroatoms. The van der Waals surface area contributed by atoms with E-state index in [1.807, 2.05) is 13.0 Å². The Morgan fingerprint density at radius 2 is 2.10 bits per heavy atom. The van der Waals surface area contributed by atoms with E-state index in [0.717, 1.165) is 11.7 Å². The second-order valence-electron chi connectivity index (χ2n) is 5.68. The molecule has 3 unspecified atom stereocenters. The Morgan fingerprint density at radius 1 is 1.30 bits per heavy atom. The summed E-state index contributed by atoms with van der Waals surface area (Å²) in [5.41, 5.74) is 0.363. The molecular formula is C15H24N4O. The van der Waals surface area contributed by atoms with Crippen LogP contribution in [0.1, 0.15) is 50.5 Å². The standard InChI is InChI=1S/C15H24N4O/c1-4-16-15(20)13-8-9-14(19-18-13)17-12-7-5-6-10(2)11(12)3/h8-12H,4-7H2,1-3H3,(H,16,20)(H,17,19). The lowest BCUT2D eigenvalue weighted by Gasteiger charge is -2.34. The summed E-state index contributed by atoms with van der Waals surface area (Å²) in [6, 6.07) is 4.00. The lowest BCUT2D eigenvalue weighted by Crippen LogP contribution is -2.35. The zero-order valence-electron chi connectivity index (χ0n) is 12.5. The lowest BCUT2D eigenvalue weighted by molar-refractivity contribution is 0.0950. The van der Waals surface area contributed by atoms with Crippen molar-refractivity contribution in [2.24, 2.45) is 11.8 Å². The van der Waals surface area contributed by atoms with Crippen molar-refractivity contribution in [3.05, 3.63) is 17.8 Å². The quantitative estimate of drug-likeness (QED) is 0.886. The zero-order valence-corrected chi connectivity index (χ0v) is 12.5. The Bertz CT molecular complexity index is 446. The molecule has 1 aliphatic rings. The molecule has 0 radical (unpaired) electrons. The molecule has 1 aromatic heterocycles. The summed E-state index contributed by atoms with van der Waals surface area (Å²) in [5, 5.41) is 14.3. The summed E-state index contributed by atoms with van der Waals surface area (Å²) >= 11 is 0. The maximum Gasteiger partial charge on any atom is 0.271 e. The minimum atomic E-state index is -0.175. The van der Waals surface area contributed by atoms with Gasteiger partial charge in [-0.15, -0.1) is 10.2 Å². The molecule has 2 N–H and O–H groups in total. The van der Waals surface area contributed by atoms with Crippen LogP contribution in [-0.4, -0.2) is 28.7 Å². The van der Waals surface area contributed by atoms with Crippen LogP contribution in [-0.2, 0) is 0 Å². The van der Waals surface area contributed by atoms with Crippen molar-refractivity contribution >= 4 is 11.7 Å². The van der Waals surface area contributed by atoms with E-state index in [-0.39, 0.29) is 5.91 Å². The molecule has 1 aliphatic carbocycles. The number of amides is 1. The largest absolute Gasteiger partial charge is 0.366 e. The molecule has 3 atom stereocenters. The third kappa shape index (κ3) is 3.46. The number of carbonyl (C=O) groups excluding carboxylic acids is 1. The molecule has 1 heterocycles. The van der Waals surface area contributed by atoms with Crippen molar-refractivity contribution in [1.82, 2.24) is 15.5 Å². The predicted molar refractivity (Wildman–Crippen MR) is 79.6 cm³/mol. The van der Waals surface area contributed by atoms with Crippen LogP contribution >= 0.6 is 0 Å². The summed E-state index contributed by atoms with van der Waals surface area (Å²) in [6.45, 7) is 7.07. The Kier molecular flexibility index (Phi) is 4.93. The van der Waals surface area contributed by atoms with Crippen LogP contribution in [0, 0.1) is 11.8 Å². The fourth-order valence-corrected chi connectivity index (χ4v) is 2.76. The van der Waals surface area contributed by atoms with E-state index in [9.17, 15) is 4.79 Å². The highest BCUT2D eigenvalue weighted by molar-refractivity contribution is 5.92. The van der Waals surface area contributed by atoms with Gasteiger partial charge >= 0.3 is 0 Å². The average Bonchev–Trinajstić information content (AvgIpc) is 2.45. The predicted octanol–water partition coefficient (Wildman–Crippen LogP) is 2.46. The zero-order chi connectivity index (χ0) is 14.5. The highest BCUT2D eigenvalue weighted by atomic mass is 16.1. The van der Waals surface area contributed by atoms with Gasteiger partial charge in [0, 0.05) is 12.6 Å².